The Bertz CT molecular complexity index is 270. The molecule has 0 aliphatic rings. The van der Waals surface area contributed by atoms with Gasteiger partial charge in [-0.1, -0.05) is 13.8 Å². The van der Waals surface area contributed by atoms with Crippen molar-refractivity contribution < 1.29 is 5.11 Å². The molecule has 0 aromatic carbocycles. The van der Waals surface area contributed by atoms with Gasteiger partial charge in [0.1, 0.15) is 0 Å². The third kappa shape index (κ3) is 4.20. The first kappa shape index (κ1) is 11.7. The molecule has 1 rings (SSSR count). The van der Waals surface area contributed by atoms with Crippen molar-refractivity contribution in [1.29, 1.82) is 0 Å². The van der Waals surface area contributed by atoms with Crippen LogP contribution in [0.15, 0.2) is 5.38 Å². The SMILES string of the molecule is Cc1nc(CCC(O)CC(C)C)cs1. The molecule has 1 atom stereocenters. The lowest BCUT2D eigenvalue weighted by Crippen LogP contribution is -2.11. The Balaban J connectivity index is 2.26. The Kier molecular flexibility index (Phi) is 4.55. The number of aromatic nitrogens is 1. The van der Waals surface area contributed by atoms with Crippen LogP contribution >= 0.6 is 11.3 Å². The zero-order chi connectivity index (χ0) is 10.6. The summed E-state index contributed by atoms with van der Waals surface area (Å²) in [5.74, 6) is 0.571. The molecule has 0 spiro atoms. The van der Waals surface area contributed by atoms with Crippen molar-refractivity contribution in [2.45, 2.75) is 46.1 Å². The van der Waals surface area contributed by atoms with E-state index < -0.39 is 0 Å². The summed E-state index contributed by atoms with van der Waals surface area (Å²) in [6, 6.07) is 0. The maximum atomic E-state index is 9.66. The molecule has 1 aromatic rings. The van der Waals surface area contributed by atoms with Crippen molar-refractivity contribution in [2.75, 3.05) is 0 Å². The van der Waals surface area contributed by atoms with Gasteiger partial charge in [-0.05, 0) is 32.1 Å². The predicted octanol–water partition coefficient (Wildman–Crippen LogP) is 2.79. The fraction of sp³-hybridized carbons (Fsp3) is 0.727. The van der Waals surface area contributed by atoms with Crippen LogP contribution in [0.5, 0.6) is 0 Å². The van der Waals surface area contributed by atoms with E-state index in [0.29, 0.717) is 5.92 Å². The lowest BCUT2D eigenvalue weighted by molar-refractivity contribution is 0.139. The van der Waals surface area contributed by atoms with E-state index in [1.165, 1.54) is 0 Å². The lowest BCUT2D eigenvalue weighted by Gasteiger charge is -2.11. The Hall–Kier alpha value is -0.410. The van der Waals surface area contributed by atoms with Crippen LogP contribution in [0.25, 0.3) is 0 Å². The predicted molar refractivity (Wildman–Crippen MR) is 60.6 cm³/mol. The molecular weight excluding hydrogens is 194 g/mol. The summed E-state index contributed by atoms with van der Waals surface area (Å²) < 4.78 is 0. The summed E-state index contributed by atoms with van der Waals surface area (Å²) in [7, 11) is 0. The second kappa shape index (κ2) is 5.47. The Labute approximate surface area is 90.0 Å². The van der Waals surface area contributed by atoms with Crippen molar-refractivity contribution in [1.82, 2.24) is 4.98 Å². The fourth-order valence-corrected chi connectivity index (χ4v) is 2.15. The minimum absolute atomic E-state index is 0.169. The van der Waals surface area contributed by atoms with Crippen molar-refractivity contribution in [3.8, 4) is 0 Å². The second-order valence-electron chi connectivity index (χ2n) is 4.18. The number of aryl methyl sites for hydroxylation is 2. The number of aliphatic hydroxyl groups is 1. The van der Waals surface area contributed by atoms with Crippen LogP contribution in [0.4, 0.5) is 0 Å². The van der Waals surface area contributed by atoms with Gasteiger partial charge >= 0.3 is 0 Å². The zero-order valence-electron chi connectivity index (χ0n) is 9.16. The molecular formula is C11H19NOS. The molecule has 0 aliphatic heterocycles. The number of hydrogen-bond acceptors (Lipinski definition) is 3. The first-order chi connectivity index (χ1) is 6.58. The molecule has 1 N–H and O–H groups in total. The van der Waals surface area contributed by atoms with E-state index in [1.807, 2.05) is 6.92 Å². The largest absolute Gasteiger partial charge is 0.393 e. The standard InChI is InChI=1S/C11H19NOS/c1-8(2)6-11(13)5-4-10-7-14-9(3)12-10/h7-8,11,13H,4-6H2,1-3H3. The van der Waals surface area contributed by atoms with Gasteiger partial charge in [-0.2, -0.15) is 0 Å². The minimum atomic E-state index is -0.169. The third-order valence-electron chi connectivity index (χ3n) is 2.14. The molecule has 0 amide bonds. The Morgan fingerprint density at radius 1 is 1.50 bits per heavy atom. The van der Waals surface area contributed by atoms with Crippen LogP contribution in [-0.4, -0.2) is 16.2 Å². The number of nitrogens with zero attached hydrogens (tertiary/aromatic N) is 1. The van der Waals surface area contributed by atoms with Gasteiger partial charge in [0.25, 0.3) is 0 Å². The fourth-order valence-electron chi connectivity index (χ4n) is 1.50. The summed E-state index contributed by atoms with van der Waals surface area (Å²) in [6.07, 6.45) is 2.46. The molecule has 1 aromatic heterocycles. The van der Waals surface area contributed by atoms with E-state index in [1.54, 1.807) is 11.3 Å². The molecule has 80 valence electrons. The van der Waals surface area contributed by atoms with Gasteiger partial charge in [-0.3, -0.25) is 0 Å². The van der Waals surface area contributed by atoms with Gasteiger partial charge < -0.3 is 5.11 Å². The summed E-state index contributed by atoms with van der Waals surface area (Å²) in [5, 5.41) is 12.9. The molecule has 0 radical (unpaired) electrons. The molecule has 1 heterocycles. The highest BCUT2D eigenvalue weighted by Gasteiger charge is 2.08. The van der Waals surface area contributed by atoms with Gasteiger partial charge in [-0.25, -0.2) is 4.98 Å². The van der Waals surface area contributed by atoms with Crippen LogP contribution in [0.2, 0.25) is 0 Å². The monoisotopic (exact) mass is 213 g/mol. The normalized spacial score (nSPS) is 13.5. The van der Waals surface area contributed by atoms with Gasteiger partial charge in [0.05, 0.1) is 16.8 Å². The van der Waals surface area contributed by atoms with Crippen LogP contribution in [-0.2, 0) is 6.42 Å². The van der Waals surface area contributed by atoms with Gasteiger partial charge in [0.15, 0.2) is 0 Å². The maximum Gasteiger partial charge on any atom is 0.0897 e. The zero-order valence-corrected chi connectivity index (χ0v) is 9.97. The second-order valence-corrected chi connectivity index (χ2v) is 5.24. The van der Waals surface area contributed by atoms with E-state index in [-0.39, 0.29) is 6.10 Å². The summed E-state index contributed by atoms with van der Waals surface area (Å²) in [4.78, 5) is 4.37. The van der Waals surface area contributed by atoms with Crippen molar-refractivity contribution in [2.24, 2.45) is 5.92 Å². The number of aliphatic hydroxyl groups excluding tert-OH is 1. The molecule has 0 bridgehead atoms. The molecule has 14 heavy (non-hydrogen) atoms. The average Bonchev–Trinajstić information content (AvgIpc) is 2.47. The van der Waals surface area contributed by atoms with Crippen LogP contribution in [0, 0.1) is 12.8 Å². The Morgan fingerprint density at radius 3 is 2.71 bits per heavy atom. The number of hydrogen-bond donors (Lipinski definition) is 1. The van der Waals surface area contributed by atoms with Crippen molar-refractivity contribution in [3.63, 3.8) is 0 Å². The lowest BCUT2D eigenvalue weighted by atomic mass is 10.0. The van der Waals surface area contributed by atoms with E-state index in [9.17, 15) is 5.11 Å². The first-order valence-corrected chi connectivity index (χ1v) is 6.05. The van der Waals surface area contributed by atoms with Gasteiger partial charge in [-0.15, -0.1) is 11.3 Å². The van der Waals surface area contributed by atoms with Crippen molar-refractivity contribution >= 4 is 11.3 Å². The first-order valence-electron chi connectivity index (χ1n) is 5.17. The molecule has 0 aliphatic carbocycles. The third-order valence-corrected chi connectivity index (χ3v) is 2.97. The van der Waals surface area contributed by atoms with Crippen LogP contribution < -0.4 is 0 Å². The van der Waals surface area contributed by atoms with Crippen molar-refractivity contribution in [3.05, 3.63) is 16.1 Å². The smallest absolute Gasteiger partial charge is 0.0897 e. The van der Waals surface area contributed by atoms with Crippen LogP contribution in [0.1, 0.15) is 37.4 Å². The average molecular weight is 213 g/mol. The number of rotatable bonds is 5. The molecule has 0 fully saturated rings. The molecule has 2 nitrogen and oxygen atoms in total. The maximum absolute atomic E-state index is 9.66. The van der Waals surface area contributed by atoms with Crippen LogP contribution in [0.3, 0.4) is 0 Å². The van der Waals surface area contributed by atoms with E-state index in [2.05, 4.69) is 24.2 Å². The van der Waals surface area contributed by atoms with Gasteiger partial charge in [0.2, 0.25) is 0 Å². The topological polar surface area (TPSA) is 33.1 Å². The molecule has 0 saturated heterocycles. The highest BCUT2D eigenvalue weighted by molar-refractivity contribution is 7.09. The summed E-state index contributed by atoms with van der Waals surface area (Å²) in [5.41, 5.74) is 1.12. The van der Waals surface area contributed by atoms with E-state index in [4.69, 9.17) is 0 Å². The summed E-state index contributed by atoms with van der Waals surface area (Å²) >= 11 is 1.68. The molecule has 0 saturated carbocycles. The highest BCUT2D eigenvalue weighted by Crippen LogP contribution is 2.13. The Morgan fingerprint density at radius 2 is 2.21 bits per heavy atom. The summed E-state index contributed by atoms with van der Waals surface area (Å²) in [6.45, 7) is 6.28. The quantitative estimate of drug-likeness (QED) is 0.816. The highest BCUT2D eigenvalue weighted by atomic mass is 32.1. The van der Waals surface area contributed by atoms with Gasteiger partial charge in [0, 0.05) is 5.38 Å². The van der Waals surface area contributed by atoms with E-state index >= 15 is 0 Å². The molecule has 3 heteroatoms. The number of thiazole rings is 1. The molecule has 1 unspecified atom stereocenters. The van der Waals surface area contributed by atoms with E-state index in [0.717, 1.165) is 30.0 Å². The minimum Gasteiger partial charge on any atom is -0.393 e.